The van der Waals surface area contributed by atoms with E-state index in [1.165, 1.54) is 0 Å². The summed E-state index contributed by atoms with van der Waals surface area (Å²) in [7, 11) is 0. The van der Waals surface area contributed by atoms with Crippen molar-refractivity contribution in [1.29, 1.82) is 0 Å². The maximum absolute atomic E-state index is 5.77. The van der Waals surface area contributed by atoms with Crippen LogP contribution in [-0.2, 0) is 0 Å². The summed E-state index contributed by atoms with van der Waals surface area (Å²) < 4.78 is 0. The Morgan fingerprint density at radius 2 is 1.84 bits per heavy atom. The fraction of sp³-hybridized carbons (Fsp3) is 0.133. The number of rotatable bonds is 1. The molecule has 2 heterocycles. The van der Waals surface area contributed by atoms with E-state index < -0.39 is 0 Å². The molecule has 19 heavy (non-hydrogen) atoms. The molecule has 0 aliphatic rings. The van der Waals surface area contributed by atoms with Crippen LogP contribution in [0.15, 0.2) is 36.5 Å². The van der Waals surface area contributed by atoms with Gasteiger partial charge in [-0.05, 0) is 37.1 Å². The fourth-order valence-corrected chi connectivity index (χ4v) is 2.11. The van der Waals surface area contributed by atoms with Crippen LogP contribution in [0, 0.1) is 13.8 Å². The lowest BCUT2D eigenvalue weighted by atomic mass is 10.0. The minimum Gasteiger partial charge on any atom is -0.382 e. The van der Waals surface area contributed by atoms with E-state index in [1.807, 2.05) is 44.2 Å². The third-order valence-electron chi connectivity index (χ3n) is 3.44. The van der Waals surface area contributed by atoms with Crippen LogP contribution < -0.4 is 5.73 Å². The Kier molecular flexibility index (Phi) is 2.63. The summed E-state index contributed by atoms with van der Waals surface area (Å²) in [5.74, 6) is 0.486. The largest absolute Gasteiger partial charge is 0.382 e. The minimum absolute atomic E-state index is 0.486. The normalized spacial score (nSPS) is 10.8. The van der Waals surface area contributed by atoms with Crippen molar-refractivity contribution in [1.82, 2.24) is 15.2 Å². The molecule has 4 nitrogen and oxygen atoms in total. The molecule has 0 unspecified atom stereocenters. The van der Waals surface area contributed by atoms with Crippen LogP contribution in [0.4, 0.5) is 5.82 Å². The third kappa shape index (κ3) is 1.91. The first kappa shape index (κ1) is 11.6. The molecule has 0 saturated heterocycles. The van der Waals surface area contributed by atoms with Gasteiger partial charge in [0, 0.05) is 17.1 Å². The molecule has 0 radical (unpaired) electrons. The fourth-order valence-electron chi connectivity index (χ4n) is 2.11. The van der Waals surface area contributed by atoms with Crippen LogP contribution in [0.5, 0.6) is 0 Å². The number of nitrogen functional groups attached to an aromatic ring is 1. The van der Waals surface area contributed by atoms with Crippen molar-refractivity contribution < 1.29 is 0 Å². The Bertz CT molecular complexity index is 765. The van der Waals surface area contributed by atoms with Crippen LogP contribution >= 0.6 is 0 Å². The number of aromatic nitrogens is 3. The Balaban J connectivity index is 2.22. The van der Waals surface area contributed by atoms with E-state index in [0.29, 0.717) is 5.82 Å². The Morgan fingerprint density at radius 1 is 1.00 bits per heavy atom. The molecule has 0 spiro atoms. The molecule has 0 fully saturated rings. The summed E-state index contributed by atoms with van der Waals surface area (Å²) in [5, 5.41) is 9.33. The van der Waals surface area contributed by atoms with Crippen molar-refractivity contribution >= 4 is 16.7 Å². The summed E-state index contributed by atoms with van der Waals surface area (Å²) in [5.41, 5.74) is 10.6. The highest BCUT2D eigenvalue weighted by molar-refractivity contribution is 5.84. The van der Waals surface area contributed by atoms with Gasteiger partial charge in [-0.2, -0.15) is 0 Å². The molecule has 0 amide bonds. The number of pyridine rings is 1. The first-order valence-electron chi connectivity index (χ1n) is 6.11. The van der Waals surface area contributed by atoms with Gasteiger partial charge in [0.2, 0.25) is 0 Å². The molecule has 2 N–H and O–H groups in total. The zero-order chi connectivity index (χ0) is 13.4. The molecule has 94 valence electrons. The van der Waals surface area contributed by atoms with E-state index in [4.69, 9.17) is 5.73 Å². The molecule has 3 aromatic rings. The maximum atomic E-state index is 5.77. The Labute approximate surface area is 111 Å². The van der Waals surface area contributed by atoms with E-state index in [0.717, 1.165) is 33.3 Å². The number of anilines is 1. The van der Waals surface area contributed by atoms with Gasteiger partial charge >= 0.3 is 0 Å². The van der Waals surface area contributed by atoms with Crippen LogP contribution in [0.2, 0.25) is 0 Å². The van der Waals surface area contributed by atoms with E-state index in [-0.39, 0.29) is 0 Å². The van der Waals surface area contributed by atoms with Crippen LogP contribution in [0.1, 0.15) is 11.1 Å². The van der Waals surface area contributed by atoms with Crippen molar-refractivity contribution in [3.05, 3.63) is 47.7 Å². The Hall–Kier alpha value is -2.49. The molecule has 0 aliphatic heterocycles. The lowest BCUT2D eigenvalue weighted by Crippen LogP contribution is -2.02. The number of benzene rings is 1. The molecule has 4 heteroatoms. The number of hydrogen-bond donors (Lipinski definition) is 1. The summed E-state index contributed by atoms with van der Waals surface area (Å²) >= 11 is 0. The molecule has 0 atom stereocenters. The van der Waals surface area contributed by atoms with Gasteiger partial charge in [-0.25, -0.2) is 0 Å². The number of nitrogens with two attached hydrogens (primary N) is 1. The van der Waals surface area contributed by atoms with E-state index in [1.54, 1.807) is 6.20 Å². The number of hydrogen-bond acceptors (Lipinski definition) is 4. The highest BCUT2D eigenvalue weighted by Crippen LogP contribution is 2.26. The van der Waals surface area contributed by atoms with E-state index in [9.17, 15) is 0 Å². The number of fused-ring (bicyclic) bond motifs is 1. The van der Waals surface area contributed by atoms with Crippen molar-refractivity contribution in [3.8, 4) is 11.3 Å². The van der Waals surface area contributed by atoms with Crippen LogP contribution in [0.3, 0.4) is 0 Å². The van der Waals surface area contributed by atoms with Gasteiger partial charge in [0.05, 0.1) is 11.2 Å². The first-order valence-corrected chi connectivity index (χ1v) is 6.11. The average molecular weight is 250 g/mol. The maximum Gasteiger partial charge on any atom is 0.149 e. The van der Waals surface area contributed by atoms with Crippen molar-refractivity contribution in [2.24, 2.45) is 0 Å². The Morgan fingerprint density at radius 3 is 2.68 bits per heavy atom. The molecule has 0 bridgehead atoms. The zero-order valence-electron chi connectivity index (χ0n) is 10.9. The van der Waals surface area contributed by atoms with Gasteiger partial charge in [0.1, 0.15) is 5.82 Å². The quantitative estimate of drug-likeness (QED) is 0.721. The summed E-state index contributed by atoms with van der Waals surface area (Å²) in [6, 6.07) is 10.1. The van der Waals surface area contributed by atoms with Gasteiger partial charge < -0.3 is 5.73 Å². The number of nitrogens with zero attached hydrogens (tertiary/aromatic N) is 3. The van der Waals surface area contributed by atoms with Crippen molar-refractivity contribution in [3.63, 3.8) is 0 Å². The lowest BCUT2D eigenvalue weighted by Gasteiger charge is -2.09. The molecule has 0 aliphatic carbocycles. The average Bonchev–Trinajstić information content (AvgIpc) is 2.44. The smallest absolute Gasteiger partial charge is 0.149 e. The molecule has 1 aromatic carbocycles. The SMILES string of the molecule is Cc1c(N)nnc(-c2ccc3cccnc3c2)c1C. The highest BCUT2D eigenvalue weighted by atomic mass is 15.1. The van der Waals surface area contributed by atoms with Crippen molar-refractivity contribution in [2.75, 3.05) is 5.73 Å². The molecular weight excluding hydrogens is 236 g/mol. The lowest BCUT2D eigenvalue weighted by molar-refractivity contribution is 1.02. The summed E-state index contributed by atoms with van der Waals surface area (Å²) in [4.78, 5) is 4.36. The second kappa shape index (κ2) is 4.31. The third-order valence-corrected chi connectivity index (χ3v) is 3.44. The second-order valence-electron chi connectivity index (χ2n) is 4.59. The molecule has 0 saturated carbocycles. The van der Waals surface area contributed by atoms with Crippen LogP contribution in [0.25, 0.3) is 22.2 Å². The first-order chi connectivity index (χ1) is 9.16. The van der Waals surface area contributed by atoms with Crippen molar-refractivity contribution in [2.45, 2.75) is 13.8 Å². The predicted octanol–water partition coefficient (Wildman–Crippen LogP) is 2.89. The van der Waals surface area contributed by atoms with Gasteiger partial charge in [0.15, 0.2) is 0 Å². The predicted molar refractivity (Wildman–Crippen MR) is 76.7 cm³/mol. The standard InChI is InChI=1S/C15H14N4/c1-9-10(2)15(16)19-18-14(9)12-6-5-11-4-3-7-17-13(11)8-12/h3-8H,1-2H3,(H2,16,19). The molecule has 3 rings (SSSR count). The topological polar surface area (TPSA) is 64.7 Å². The van der Waals surface area contributed by atoms with E-state index in [2.05, 4.69) is 15.2 Å². The molecular formula is C15H14N4. The summed E-state index contributed by atoms with van der Waals surface area (Å²) in [6.07, 6.45) is 1.79. The van der Waals surface area contributed by atoms with Crippen LogP contribution in [-0.4, -0.2) is 15.2 Å². The monoisotopic (exact) mass is 250 g/mol. The van der Waals surface area contributed by atoms with Gasteiger partial charge in [-0.15, -0.1) is 10.2 Å². The molecule has 2 aromatic heterocycles. The van der Waals surface area contributed by atoms with Gasteiger partial charge in [-0.3, -0.25) is 4.98 Å². The minimum atomic E-state index is 0.486. The van der Waals surface area contributed by atoms with Gasteiger partial charge in [0.25, 0.3) is 0 Å². The van der Waals surface area contributed by atoms with E-state index >= 15 is 0 Å². The highest BCUT2D eigenvalue weighted by Gasteiger charge is 2.10. The zero-order valence-corrected chi connectivity index (χ0v) is 10.9. The summed E-state index contributed by atoms with van der Waals surface area (Å²) in [6.45, 7) is 3.97. The second-order valence-corrected chi connectivity index (χ2v) is 4.59. The van der Waals surface area contributed by atoms with Gasteiger partial charge in [-0.1, -0.05) is 18.2 Å².